The quantitative estimate of drug-likeness (QED) is 0.817. The molecule has 1 aromatic carbocycles. The molecule has 0 fully saturated rings. The summed E-state index contributed by atoms with van der Waals surface area (Å²) in [6.45, 7) is 2.47. The first-order chi connectivity index (χ1) is 7.54. The summed E-state index contributed by atoms with van der Waals surface area (Å²) in [6, 6.07) is 3.72. The molecule has 6 heteroatoms. The molecular weight excluding hydrogens is 406 g/mol. The van der Waals surface area contributed by atoms with Crippen molar-refractivity contribution in [2.75, 3.05) is 13.2 Å². The largest absolute Gasteiger partial charge is 0.481 e. The third kappa shape index (κ3) is 4.07. The fourth-order valence-electron chi connectivity index (χ4n) is 1.05. The maximum Gasteiger partial charge on any atom is 0.257 e. The number of carbonyl (C=O) groups excluding carboxylic acids is 1. The second-order valence-corrected chi connectivity index (χ2v) is 5.57. The van der Waals surface area contributed by atoms with E-state index in [2.05, 4.69) is 53.1 Å². The fraction of sp³-hybridized carbons (Fsp3) is 0.300. The molecule has 0 aliphatic heterocycles. The van der Waals surface area contributed by atoms with E-state index in [-0.39, 0.29) is 12.5 Å². The van der Waals surface area contributed by atoms with Crippen LogP contribution >= 0.6 is 47.8 Å². The highest BCUT2D eigenvalue weighted by molar-refractivity contribution is 9.11. The molecule has 0 aromatic heterocycles. The molecule has 16 heavy (non-hydrogen) atoms. The van der Waals surface area contributed by atoms with Crippen LogP contribution in [0.2, 0.25) is 0 Å². The maximum absolute atomic E-state index is 11.2. The van der Waals surface area contributed by atoms with E-state index in [1.54, 1.807) is 0 Å². The Morgan fingerprint density at radius 1 is 1.31 bits per heavy atom. The molecule has 0 unspecified atom stereocenters. The van der Waals surface area contributed by atoms with Crippen molar-refractivity contribution in [3.8, 4) is 5.75 Å². The molecule has 0 heterocycles. The first-order valence-corrected chi connectivity index (χ1v) is 6.96. The van der Waals surface area contributed by atoms with Crippen molar-refractivity contribution in [2.45, 2.75) is 6.92 Å². The van der Waals surface area contributed by atoms with E-state index in [9.17, 15) is 4.79 Å². The molecule has 3 nitrogen and oxygen atoms in total. The number of hydrogen-bond donors (Lipinski definition) is 1. The van der Waals surface area contributed by atoms with Gasteiger partial charge in [0.2, 0.25) is 0 Å². The lowest BCUT2D eigenvalue weighted by atomic mass is 10.3. The molecule has 0 aliphatic carbocycles. The molecule has 1 N–H and O–H groups in total. The van der Waals surface area contributed by atoms with E-state index in [1.165, 1.54) is 0 Å². The molecule has 0 aliphatic rings. The van der Waals surface area contributed by atoms with E-state index in [0.717, 1.165) is 13.4 Å². The van der Waals surface area contributed by atoms with Crippen LogP contribution in [0.25, 0.3) is 0 Å². The van der Waals surface area contributed by atoms with E-state index in [4.69, 9.17) is 4.74 Å². The number of likely N-dealkylation sites (N-methyl/N-ethyl adjacent to an activating group) is 1. The third-order valence-corrected chi connectivity index (χ3v) is 3.32. The van der Waals surface area contributed by atoms with Gasteiger partial charge in [-0.25, -0.2) is 0 Å². The third-order valence-electron chi connectivity index (χ3n) is 1.68. The Labute approximate surface area is 119 Å². The molecule has 0 spiro atoms. The van der Waals surface area contributed by atoms with Crippen molar-refractivity contribution in [3.63, 3.8) is 0 Å². The molecule has 0 saturated heterocycles. The highest BCUT2D eigenvalue weighted by Crippen LogP contribution is 2.36. The second kappa shape index (κ2) is 6.61. The molecule has 0 atom stereocenters. The normalized spacial score (nSPS) is 10.0. The highest BCUT2D eigenvalue weighted by atomic mass is 79.9. The van der Waals surface area contributed by atoms with Gasteiger partial charge in [0.15, 0.2) is 6.61 Å². The van der Waals surface area contributed by atoms with Crippen LogP contribution in [0.15, 0.2) is 25.6 Å². The van der Waals surface area contributed by atoms with Gasteiger partial charge in [0.25, 0.3) is 5.91 Å². The maximum atomic E-state index is 11.2. The van der Waals surface area contributed by atoms with Crippen molar-refractivity contribution in [3.05, 3.63) is 25.6 Å². The number of rotatable bonds is 4. The van der Waals surface area contributed by atoms with E-state index in [0.29, 0.717) is 12.3 Å². The van der Waals surface area contributed by atoms with Crippen molar-refractivity contribution in [1.82, 2.24) is 5.32 Å². The van der Waals surface area contributed by atoms with Gasteiger partial charge < -0.3 is 10.1 Å². The summed E-state index contributed by atoms with van der Waals surface area (Å²) >= 11 is 10.1. The Hall–Kier alpha value is -0.0700. The van der Waals surface area contributed by atoms with Gasteiger partial charge in [0.1, 0.15) is 5.75 Å². The van der Waals surface area contributed by atoms with Gasteiger partial charge in [-0.15, -0.1) is 0 Å². The van der Waals surface area contributed by atoms with Crippen LogP contribution in [-0.2, 0) is 4.79 Å². The van der Waals surface area contributed by atoms with Crippen LogP contribution < -0.4 is 10.1 Å². The first kappa shape index (κ1) is 14.0. The predicted molar refractivity (Wildman–Crippen MR) is 73.7 cm³/mol. The van der Waals surface area contributed by atoms with Crippen molar-refractivity contribution >= 4 is 53.7 Å². The van der Waals surface area contributed by atoms with Crippen molar-refractivity contribution in [1.29, 1.82) is 0 Å². The van der Waals surface area contributed by atoms with Gasteiger partial charge in [0.05, 0.1) is 8.95 Å². The van der Waals surface area contributed by atoms with Gasteiger partial charge >= 0.3 is 0 Å². The summed E-state index contributed by atoms with van der Waals surface area (Å²) in [5, 5.41) is 2.66. The Morgan fingerprint density at radius 2 is 1.88 bits per heavy atom. The lowest BCUT2D eigenvalue weighted by Gasteiger charge is -2.10. The minimum Gasteiger partial charge on any atom is -0.481 e. The highest BCUT2D eigenvalue weighted by Gasteiger charge is 2.09. The van der Waals surface area contributed by atoms with E-state index >= 15 is 0 Å². The zero-order valence-corrected chi connectivity index (χ0v) is 13.3. The number of halogens is 3. The van der Waals surface area contributed by atoms with Gasteiger partial charge in [0, 0.05) is 11.0 Å². The van der Waals surface area contributed by atoms with Crippen LogP contribution in [0, 0.1) is 0 Å². The summed E-state index contributed by atoms with van der Waals surface area (Å²) in [5.74, 6) is 0.485. The number of nitrogens with one attached hydrogen (secondary N) is 1. The summed E-state index contributed by atoms with van der Waals surface area (Å²) in [6.07, 6.45) is 0. The summed E-state index contributed by atoms with van der Waals surface area (Å²) in [4.78, 5) is 11.2. The molecule has 1 rings (SSSR count). The number of benzene rings is 1. The van der Waals surface area contributed by atoms with Crippen molar-refractivity contribution < 1.29 is 9.53 Å². The minimum atomic E-state index is -0.135. The number of ether oxygens (including phenoxy) is 1. The first-order valence-electron chi connectivity index (χ1n) is 4.58. The Bertz CT molecular complexity index is 373. The van der Waals surface area contributed by atoms with Crippen LogP contribution in [0.4, 0.5) is 0 Å². The summed E-state index contributed by atoms with van der Waals surface area (Å²) in [5.41, 5.74) is 0. The molecule has 88 valence electrons. The zero-order valence-electron chi connectivity index (χ0n) is 8.52. The lowest BCUT2D eigenvalue weighted by Crippen LogP contribution is -2.28. The molecular formula is C10H10Br3NO2. The number of amides is 1. The van der Waals surface area contributed by atoms with Gasteiger partial charge in [-0.05, 0) is 50.9 Å². The Morgan fingerprint density at radius 3 is 2.38 bits per heavy atom. The van der Waals surface area contributed by atoms with Crippen LogP contribution in [0.3, 0.4) is 0 Å². The monoisotopic (exact) mass is 413 g/mol. The summed E-state index contributed by atoms with van der Waals surface area (Å²) in [7, 11) is 0. The molecule has 0 radical (unpaired) electrons. The Kier molecular flexibility index (Phi) is 5.78. The van der Waals surface area contributed by atoms with Crippen molar-refractivity contribution in [2.24, 2.45) is 0 Å². The standard InChI is InChI=1S/C10H10Br3NO2/c1-2-14-9(15)5-16-10-7(12)3-6(11)4-8(10)13/h3-4H,2,5H2,1H3,(H,14,15). The molecule has 1 amide bonds. The minimum absolute atomic E-state index is 0.00662. The SMILES string of the molecule is CCNC(=O)COc1c(Br)cc(Br)cc1Br. The smallest absolute Gasteiger partial charge is 0.257 e. The van der Waals surface area contributed by atoms with Crippen LogP contribution in [0.5, 0.6) is 5.75 Å². The fourth-order valence-corrected chi connectivity index (χ4v) is 3.54. The predicted octanol–water partition coefficient (Wildman–Crippen LogP) is 3.49. The van der Waals surface area contributed by atoms with Gasteiger partial charge in [-0.3, -0.25) is 4.79 Å². The molecule has 0 saturated carbocycles. The van der Waals surface area contributed by atoms with Crippen LogP contribution in [-0.4, -0.2) is 19.1 Å². The number of carbonyl (C=O) groups is 1. The topological polar surface area (TPSA) is 38.3 Å². The number of hydrogen-bond acceptors (Lipinski definition) is 2. The average molecular weight is 416 g/mol. The van der Waals surface area contributed by atoms with Gasteiger partial charge in [-0.2, -0.15) is 0 Å². The van der Waals surface area contributed by atoms with Gasteiger partial charge in [-0.1, -0.05) is 15.9 Å². The van der Waals surface area contributed by atoms with E-state index < -0.39 is 0 Å². The molecule has 1 aromatic rings. The second-order valence-electron chi connectivity index (χ2n) is 2.94. The average Bonchev–Trinajstić information content (AvgIpc) is 2.16. The summed E-state index contributed by atoms with van der Waals surface area (Å²) < 4.78 is 7.92. The molecule has 0 bridgehead atoms. The lowest BCUT2D eigenvalue weighted by molar-refractivity contribution is -0.123. The van der Waals surface area contributed by atoms with E-state index in [1.807, 2.05) is 19.1 Å². The zero-order chi connectivity index (χ0) is 12.1. The Balaban J connectivity index is 2.70. The van der Waals surface area contributed by atoms with Crippen LogP contribution in [0.1, 0.15) is 6.92 Å².